The molecule has 92 valence electrons. The maximum Gasteiger partial charge on any atom is 0.123 e. The second-order valence-electron chi connectivity index (χ2n) is 5.07. The number of rotatable bonds is 3. The highest BCUT2D eigenvalue weighted by molar-refractivity contribution is 5.34. The molecular weight excluding hydrogens is 217 g/mol. The van der Waals surface area contributed by atoms with E-state index in [4.69, 9.17) is 4.74 Å². The molecule has 2 aliphatic rings. The zero-order valence-electron chi connectivity index (χ0n) is 9.92. The van der Waals surface area contributed by atoms with E-state index in [0.29, 0.717) is 12.0 Å². The van der Waals surface area contributed by atoms with Crippen LogP contribution < -0.4 is 5.32 Å². The Morgan fingerprint density at radius 3 is 3.12 bits per heavy atom. The molecule has 1 aromatic rings. The van der Waals surface area contributed by atoms with E-state index in [1.54, 1.807) is 12.1 Å². The summed E-state index contributed by atoms with van der Waals surface area (Å²) in [6, 6.07) is 5.58. The number of aryl methyl sites for hydroxylation is 1. The first-order valence-electron chi connectivity index (χ1n) is 6.42. The maximum atomic E-state index is 13.1. The molecule has 1 saturated heterocycles. The Balaban J connectivity index is 1.63. The molecule has 0 spiro atoms. The van der Waals surface area contributed by atoms with E-state index < -0.39 is 0 Å². The molecule has 0 aromatic heterocycles. The van der Waals surface area contributed by atoms with Crippen LogP contribution in [0.3, 0.4) is 0 Å². The van der Waals surface area contributed by atoms with Gasteiger partial charge in [-0.1, -0.05) is 6.07 Å². The number of ether oxygens (including phenoxy) is 1. The Morgan fingerprint density at radius 1 is 1.35 bits per heavy atom. The lowest BCUT2D eigenvalue weighted by atomic mass is 10.1. The first-order chi connectivity index (χ1) is 8.33. The minimum Gasteiger partial charge on any atom is -0.381 e. The van der Waals surface area contributed by atoms with Crippen molar-refractivity contribution in [3.8, 4) is 0 Å². The van der Waals surface area contributed by atoms with Crippen molar-refractivity contribution >= 4 is 0 Å². The van der Waals surface area contributed by atoms with Gasteiger partial charge in [-0.25, -0.2) is 4.39 Å². The van der Waals surface area contributed by atoms with Gasteiger partial charge in [0.1, 0.15) is 5.82 Å². The minimum absolute atomic E-state index is 0.117. The second-order valence-corrected chi connectivity index (χ2v) is 5.07. The Bertz CT molecular complexity index is 401. The summed E-state index contributed by atoms with van der Waals surface area (Å²) in [5.41, 5.74) is 2.45. The third kappa shape index (κ3) is 2.35. The summed E-state index contributed by atoms with van der Waals surface area (Å²) < 4.78 is 18.5. The van der Waals surface area contributed by atoms with Crippen molar-refractivity contribution in [1.29, 1.82) is 0 Å². The highest BCUT2D eigenvalue weighted by Crippen LogP contribution is 2.31. The molecule has 3 heteroatoms. The van der Waals surface area contributed by atoms with Crippen LogP contribution in [-0.4, -0.2) is 19.8 Å². The van der Waals surface area contributed by atoms with Crippen LogP contribution >= 0.6 is 0 Å². The fourth-order valence-electron chi connectivity index (χ4n) is 2.85. The van der Waals surface area contributed by atoms with Crippen molar-refractivity contribution in [1.82, 2.24) is 5.32 Å². The first kappa shape index (κ1) is 11.2. The lowest BCUT2D eigenvalue weighted by Crippen LogP contribution is -2.26. The molecule has 1 aliphatic carbocycles. The fourth-order valence-corrected chi connectivity index (χ4v) is 2.85. The quantitative estimate of drug-likeness (QED) is 0.869. The van der Waals surface area contributed by atoms with Gasteiger partial charge in [0.25, 0.3) is 0 Å². The lowest BCUT2D eigenvalue weighted by molar-refractivity contribution is 0.184. The number of benzene rings is 1. The number of hydrogen-bond donors (Lipinski definition) is 1. The normalized spacial score (nSPS) is 27.4. The molecule has 1 heterocycles. The molecule has 2 unspecified atom stereocenters. The molecule has 1 fully saturated rings. The molecule has 0 saturated carbocycles. The van der Waals surface area contributed by atoms with Crippen LogP contribution in [0, 0.1) is 11.7 Å². The lowest BCUT2D eigenvalue weighted by Gasteiger charge is -2.16. The highest BCUT2D eigenvalue weighted by atomic mass is 19.1. The smallest absolute Gasteiger partial charge is 0.123 e. The van der Waals surface area contributed by atoms with Crippen LogP contribution in [-0.2, 0) is 11.2 Å². The topological polar surface area (TPSA) is 21.3 Å². The predicted octanol–water partition coefficient (Wildman–Crippen LogP) is 2.44. The Labute approximate surface area is 101 Å². The third-order valence-corrected chi connectivity index (χ3v) is 3.86. The van der Waals surface area contributed by atoms with Gasteiger partial charge in [-0.3, -0.25) is 0 Å². The number of hydrogen-bond acceptors (Lipinski definition) is 2. The summed E-state index contributed by atoms with van der Waals surface area (Å²) >= 11 is 0. The van der Waals surface area contributed by atoms with Gasteiger partial charge in [0, 0.05) is 19.2 Å². The van der Waals surface area contributed by atoms with Crippen LogP contribution in [0.15, 0.2) is 18.2 Å². The predicted molar refractivity (Wildman–Crippen MR) is 64.4 cm³/mol. The zero-order chi connectivity index (χ0) is 11.7. The molecule has 0 radical (unpaired) electrons. The Kier molecular flexibility index (Phi) is 3.12. The Hall–Kier alpha value is -0.930. The summed E-state index contributed by atoms with van der Waals surface area (Å²) in [6.07, 6.45) is 3.24. The van der Waals surface area contributed by atoms with E-state index in [1.165, 1.54) is 11.1 Å². The van der Waals surface area contributed by atoms with Crippen molar-refractivity contribution in [2.24, 2.45) is 5.92 Å². The molecule has 0 amide bonds. The van der Waals surface area contributed by atoms with E-state index in [9.17, 15) is 4.39 Å². The molecule has 1 aliphatic heterocycles. The van der Waals surface area contributed by atoms with Crippen LogP contribution in [0.5, 0.6) is 0 Å². The van der Waals surface area contributed by atoms with Crippen molar-refractivity contribution in [3.05, 3.63) is 35.1 Å². The third-order valence-electron chi connectivity index (χ3n) is 3.86. The number of nitrogens with one attached hydrogen (secondary N) is 1. The van der Waals surface area contributed by atoms with Crippen molar-refractivity contribution in [2.45, 2.75) is 25.3 Å². The van der Waals surface area contributed by atoms with Crippen molar-refractivity contribution in [2.75, 3.05) is 19.8 Å². The van der Waals surface area contributed by atoms with E-state index in [2.05, 4.69) is 5.32 Å². The van der Waals surface area contributed by atoms with Gasteiger partial charge in [0.05, 0.1) is 6.61 Å². The van der Waals surface area contributed by atoms with Crippen LogP contribution in [0.25, 0.3) is 0 Å². The van der Waals surface area contributed by atoms with Gasteiger partial charge in [-0.15, -0.1) is 0 Å². The van der Waals surface area contributed by atoms with Gasteiger partial charge >= 0.3 is 0 Å². The summed E-state index contributed by atoms with van der Waals surface area (Å²) in [6.45, 7) is 2.80. The molecule has 17 heavy (non-hydrogen) atoms. The van der Waals surface area contributed by atoms with E-state index in [-0.39, 0.29) is 5.82 Å². The van der Waals surface area contributed by atoms with Gasteiger partial charge in [0.15, 0.2) is 0 Å². The molecule has 1 N–H and O–H groups in total. The van der Waals surface area contributed by atoms with Crippen molar-refractivity contribution in [3.63, 3.8) is 0 Å². The number of halogens is 1. The van der Waals surface area contributed by atoms with Crippen molar-refractivity contribution < 1.29 is 9.13 Å². The molecule has 0 bridgehead atoms. The first-order valence-corrected chi connectivity index (χ1v) is 6.42. The summed E-state index contributed by atoms with van der Waals surface area (Å²) in [5, 5.41) is 3.60. The molecule has 1 aromatic carbocycles. The van der Waals surface area contributed by atoms with Gasteiger partial charge in [-0.2, -0.15) is 0 Å². The molecule has 2 nitrogen and oxygen atoms in total. The van der Waals surface area contributed by atoms with Crippen LogP contribution in [0.1, 0.15) is 30.0 Å². The molecule has 2 atom stereocenters. The fraction of sp³-hybridized carbons (Fsp3) is 0.571. The summed E-state index contributed by atoms with van der Waals surface area (Å²) in [4.78, 5) is 0. The summed E-state index contributed by atoms with van der Waals surface area (Å²) in [5.74, 6) is 0.535. The van der Waals surface area contributed by atoms with Crippen LogP contribution in [0.2, 0.25) is 0 Å². The van der Waals surface area contributed by atoms with Gasteiger partial charge in [0.2, 0.25) is 0 Å². The Morgan fingerprint density at radius 2 is 2.29 bits per heavy atom. The zero-order valence-corrected chi connectivity index (χ0v) is 9.92. The summed E-state index contributed by atoms with van der Waals surface area (Å²) in [7, 11) is 0. The second kappa shape index (κ2) is 4.75. The average molecular weight is 235 g/mol. The van der Waals surface area contributed by atoms with Gasteiger partial charge < -0.3 is 10.1 Å². The van der Waals surface area contributed by atoms with E-state index in [0.717, 1.165) is 39.0 Å². The van der Waals surface area contributed by atoms with Crippen LogP contribution in [0.4, 0.5) is 4.39 Å². The van der Waals surface area contributed by atoms with Gasteiger partial charge in [-0.05, 0) is 48.4 Å². The minimum atomic E-state index is -0.117. The highest BCUT2D eigenvalue weighted by Gasteiger charge is 2.24. The largest absolute Gasteiger partial charge is 0.381 e. The van der Waals surface area contributed by atoms with E-state index >= 15 is 0 Å². The standard InChI is InChI=1S/C14H18FNO/c15-12-2-3-13-11(7-12)1-4-14(13)16-8-10-5-6-17-9-10/h2-3,7,10,14,16H,1,4-6,8-9H2. The average Bonchev–Trinajstić information content (AvgIpc) is 2.94. The SMILES string of the molecule is Fc1ccc2c(c1)CCC2NCC1CCOC1. The van der Waals surface area contributed by atoms with E-state index in [1.807, 2.05) is 6.07 Å². The molecule has 3 rings (SSSR count). The maximum absolute atomic E-state index is 13.1. The monoisotopic (exact) mass is 235 g/mol. The number of fused-ring (bicyclic) bond motifs is 1. The molecular formula is C14H18FNO.